The van der Waals surface area contributed by atoms with E-state index in [-0.39, 0.29) is 0 Å². The zero-order valence-electron chi connectivity index (χ0n) is 14.5. The highest BCUT2D eigenvalue weighted by Gasteiger charge is 2.23. The number of aromatic nitrogens is 2. The van der Waals surface area contributed by atoms with Crippen LogP contribution in [0.3, 0.4) is 0 Å². The molecule has 4 heteroatoms. The summed E-state index contributed by atoms with van der Waals surface area (Å²) < 4.78 is 5.99. The second kappa shape index (κ2) is 7.11. The van der Waals surface area contributed by atoms with E-state index in [0.717, 1.165) is 31.0 Å². The summed E-state index contributed by atoms with van der Waals surface area (Å²) in [5.41, 5.74) is 5.14. The molecule has 1 aliphatic rings. The maximum absolute atomic E-state index is 5.99. The summed E-state index contributed by atoms with van der Waals surface area (Å²) in [5.74, 6) is 0.943. The van der Waals surface area contributed by atoms with Gasteiger partial charge in [0.05, 0.1) is 6.33 Å². The average Bonchev–Trinajstić information content (AvgIpc) is 3.15. The SMILES string of the molecule is CC1Cc2ccc(OCc3ccccc3)cc2CN1Cc1cnc[nH]1. The summed E-state index contributed by atoms with van der Waals surface area (Å²) in [4.78, 5) is 9.81. The van der Waals surface area contributed by atoms with Crippen molar-refractivity contribution in [3.63, 3.8) is 0 Å². The minimum absolute atomic E-state index is 0.520. The second-order valence-electron chi connectivity index (χ2n) is 6.74. The number of fused-ring (bicyclic) bond motifs is 1. The van der Waals surface area contributed by atoms with Crippen molar-refractivity contribution < 1.29 is 4.74 Å². The minimum Gasteiger partial charge on any atom is -0.489 e. The van der Waals surface area contributed by atoms with Crippen LogP contribution in [-0.2, 0) is 26.1 Å². The van der Waals surface area contributed by atoms with Crippen molar-refractivity contribution in [1.82, 2.24) is 14.9 Å². The highest BCUT2D eigenvalue weighted by atomic mass is 16.5. The standard InChI is InChI=1S/C21H23N3O/c1-16-9-18-7-8-21(25-14-17-5-3-2-4-6-17)10-19(18)12-24(16)13-20-11-22-15-23-20/h2-8,10-11,15-16H,9,12-14H2,1H3,(H,22,23). The van der Waals surface area contributed by atoms with Gasteiger partial charge < -0.3 is 9.72 Å². The van der Waals surface area contributed by atoms with Crippen LogP contribution in [0.4, 0.5) is 0 Å². The van der Waals surface area contributed by atoms with Gasteiger partial charge in [0.2, 0.25) is 0 Å². The second-order valence-corrected chi connectivity index (χ2v) is 6.74. The fourth-order valence-electron chi connectivity index (χ4n) is 3.40. The Morgan fingerprint density at radius 2 is 2.04 bits per heavy atom. The third-order valence-electron chi connectivity index (χ3n) is 4.87. The first kappa shape index (κ1) is 15.9. The van der Waals surface area contributed by atoms with Crippen LogP contribution in [-0.4, -0.2) is 20.9 Å². The first-order valence-electron chi connectivity index (χ1n) is 8.78. The van der Waals surface area contributed by atoms with Crippen molar-refractivity contribution in [1.29, 1.82) is 0 Å². The van der Waals surface area contributed by atoms with E-state index in [1.807, 2.05) is 24.4 Å². The summed E-state index contributed by atoms with van der Waals surface area (Å²) in [6, 6.07) is 17.3. The Labute approximate surface area is 148 Å². The van der Waals surface area contributed by atoms with E-state index in [4.69, 9.17) is 4.74 Å². The van der Waals surface area contributed by atoms with E-state index in [1.165, 1.54) is 16.7 Å². The monoisotopic (exact) mass is 333 g/mol. The summed E-state index contributed by atoms with van der Waals surface area (Å²) in [6.45, 7) is 4.74. The normalized spacial score (nSPS) is 17.2. The number of nitrogens with one attached hydrogen (secondary N) is 1. The van der Waals surface area contributed by atoms with Crippen molar-refractivity contribution in [2.45, 2.75) is 39.1 Å². The summed E-state index contributed by atoms with van der Waals surface area (Å²) >= 11 is 0. The van der Waals surface area contributed by atoms with Crippen molar-refractivity contribution in [2.75, 3.05) is 0 Å². The van der Waals surface area contributed by atoms with Crippen molar-refractivity contribution in [3.05, 3.63) is 83.4 Å². The van der Waals surface area contributed by atoms with E-state index in [1.54, 1.807) is 6.33 Å². The Bertz CT molecular complexity index is 814. The van der Waals surface area contributed by atoms with Gasteiger partial charge in [-0.15, -0.1) is 0 Å². The Hall–Kier alpha value is -2.59. The minimum atomic E-state index is 0.520. The molecule has 25 heavy (non-hydrogen) atoms. The van der Waals surface area contributed by atoms with Gasteiger partial charge in [0.25, 0.3) is 0 Å². The maximum Gasteiger partial charge on any atom is 0.120 e. The molecule has 0 spiro atoms. The van der Waals surface area contributed by atoms with Gasteiger partial charge in [0, 0.05) is 31.0 Å². The smallest absolute Gasteiger partial charge is 0.120 e. The molecule has 0 saturated heterocycles. The van der Waals surface area contributed by atoms with Crippen LogP contribution >= 0.6 is 0 Å². The van der Waals surface area contributed by atoms with E-state index in [0.29, 0.717) is 12.6 Å². The molecule has 1 unspecified atom stereocenters. The summed E-state index contributed by atoms with van der Waals surface area (Å²) in [6.07, 6.45) is 4.72. The average molecular weight is 333 g/mol. The number of H-pyrrole nitrogens is 1. The quantitative estimate of drug-likeness (QED) is 0.769. The number of benzene rings is 2. The zero-order valence-corrected chi connectivity index (χ0v) is 14.5. The Balaban J connectivity index is 1.46. The van der Waals surface area contributed by atoms with Crippen LogP contribution in [0.1, 0.15) is 29.3 Å². The first-order chi connectivity index (χ1) is 12.3. The molecular formula is C21H23N3O. The lowest BCUT2D eigenvalue weighted by Gasteiger charge is -2.34. The summed E-state index contributed by atoms with van der Waals surface area (Å²) in [7, 11) is 0. The maximum atomic E-state index is 5.99. The van der Waals surface area contributed by atoms with Crippen molar-refractivity contribution in [3.8, 4) is 5.75 Å². The molecule has 2 aromatic carbocycles. The van der Waals surface area contributed by atoms with Crippen molar-refractivity contribution >= 4 is 0 Å². The largest absolute Gasteiger partial charge is 0.489 e. The molecule has 4 rings (SSSR count). The van der Waals surface area contributed by atoms with Crippen LogP contribution in [0.25, 0.3) is 0 Å². The molecular weight excluding hydrogens is 310 g/mol. The molecule has 2 heterocycles. The first-order valence-corrected chi connectivity index (χ1v) is 8.78. The molecule has 4 nitrogen and oxygen atoms in total. The number of ether oxygens (including phenoxy) is 1. The predicted molar refractivity (Wildman–Crippen MR) is 98.2 cm³/mol. The van der Waals surface area contributed by atoms with Gasteiger partial charge in [-0.25, -0.2) is 4.98 Å². The fourth-order valence-corrected chi connectivity index (χ4v) is 3.40. The van der Waals surface area contributed by atoms with Gasteiger partial charge in [0.1, 0.15) is 12.4 Å². The molecule has 128 valence electrons. The molecule has 0 fully saturated rings. The van der Waals surface area contributed by atoms with E-state index in [9.17, 15) is 0 Å². The lowest BCUT2D eigenvalue weighted by Crippen LogP contribution is -2.37. The molecule has 1 aliphatic heterocycles. The van der Waals surface area contributed by atoms with Crippen LogP contribution < -0.4 is 4.74 Å². The van der Waals surface area contributed by atoms with Crippen LogP contribution in [0.5, 0.6) is 5.75 Å². The molecule has 1 atom stereocenters. The zero-order chi connectivity index (χ0) is 17.1. The van der Waals surface area contributed by atoms with E-state index < -0.39 is 0 Å². The highest BCUT2D eigenvalue weighted by molar-refractivity contribution is 5.38. The number of hydrogen-bond acceptors (Lipinski definition) is 3. The van der Waals surface area contributed by atoms with Crippen LogP contribution in [0, 0.1) is 0 Å². The van der Waals surface area contributed by atoms with Gasteiger partial charge in [-0.3, -0.25) is 4.90 Å². The Morgan fingerprint density at radius 3 is 2.84 bits per heavy atom. The third-order valence-corrected chi connectivity index (χ3v) is 4.87. The Morgan fingerprint density at radius 1 is 1.16 bits per heavy atom. The lowest BCUT2D eigenvalue weighted by molar-refractivity contribution is 0.173. The van der Waals surface area contributed by atoms with Crippen LogP contribution in [0.2, 0.25) is 0 Å². The van der Waals surface area contributed by atoms with Gasteiger partial charge in [0.15, 0.2) is 0 Å². The van der Waals surface area contributed by atoms with Crippen LogP contribution in [0.15, 0.2) is 61.1 Å². The van der Waals surface area contributed by atoms with Gasteiger partial charge in [-0.05, 0) is 42.2 Å². The third kappa shape index (κ3) is 3.74. The molecule has 0 radical (unpaired) electrons. The van der Waals surface area contributed by atoms with Gasteiger partial charge in [-0.1, -0.05) is 36.4 Å². The molecule has 0 amide bonds. The van der Waals surface area contributed by atoms with Gasteiger partial charge >= 0.3 is 0 Å². The number of imidazole rings is 1. The highest BCUT2D eigenvalue weighted by Crippen LogP contribution is 2.28. The number of rotatable bonds is 5. The lowest BCUT2D eigenvalue weighted by atomic mass is 9.94. The molecule has 1 N–H and O–H groups in total. The summed E-state index contributed by atoms with van der Waals surface area (Å²) in [5, 5.41) is 0. The molecule has 0 saturated carbocycles. The number of aromatic amines is 1. The molecule has 3 aromatic rings. The molecule has 0 aliphatic carbocycles. The predicted octanol–water partition coefficient (Wildman–Crippen LogP) is 3.94. The fraction of sp³-hybridized carbons (Fsp3) is 0.286. The van der Waals surface area contributed by atoms with E-state index in [2.05, 4.69) is 52.1 Å². The molecule has 0 bridgehead atoms. The molecule has 1 aromatic heterocycles. The van der Waals surface area contributed by atoms with Gasteiger partial charge in [-0.2, -0.15) is 0 Å². The topological polar surface area (TPSA) is 41.1 Å². The number of hydrogen-bond donors (Lipinski definition) is 1. The Kier molecular flexibility index (Phi) is 4.53. The number of nitrogens with zero attached hydrogens (tertiary/aromatic N) is 2. The van der Waals surface area contributed by atoms with E-state index >= 15 is 0 Å². The van der Waals surface area contributed by atoms with Crippen molar-refractivity contribution in [2.24, 2.45) is 0 Å².